The van der Waals surface area contributed by atoms with Crippen molar-refractivity contribution in [2.45, 2.75) is 11.8 Å². The number of hydrogen-bond acceptors (Lipinski definition) is 3. The summed E-state index contributed by atoms with van der Waals surface area (Å²) in [6.07, 6.45) is 1.90. The first-order valence-electron chi connectivity index (χ1n) is 9.15. The minimum absolute atomic E-state index is 0.133. The Morgan fingerprint density at radius 3 is 2.32 bits per heavy atom. The predicted octanol–water partition coefficient (Wildman–Crippen LogP) is 5.99. The van der Waals surface area contributed by atoms with Crippen molar-refractivity contribution in [3.05, 3.63) is 90.0 Å². The highest BCUT2D eigenvalue weighted by molar-refractivity contribution is 7.99. The summed E-state index contributed by atoms with van der Waals surface area (Å²) in [7, 11) is 1.64. The molecule has 1 amide bonds. The van der Waals surface area contributed by atoms with Crippen molar-refractivity contribution in [1.29, 1.82) is 0 Å². The van der Waals surface area contributed by atoms with Gasteiger partial charge in [0.2, 0.25) is 0 Å². The van der Waals surface area contributed by atoms with Gasteiger partial charge in [0.05, 0.1) is 12.8 Å². The summed E-state index contributed by atoms with van der Waals surface area (Å²) in [6.45, 7) is 2.10. The summed E-state index contributed by atoms with van der Waals surface area (Å²) in [5, 5.41) is 3.08. The number of ether oxygens (including phenoxy) is 1. The predicted molar refractivity (Wildman–Crippen MR) is 119 cm³/mol. The Hall–Kier alpha value is -2.98. The maximum Gasteiger partial charge on any atom is 0.256 e. The number of hydrogen-bond donors (Lipinski definition) is 1. The van der Waals surface area contributed by atoms with Crippen LogP contribution >= 0.6 is 11.8 Å². The highest BCUT2D eigenvalue weighted by atomic mass is 32.2. The lowest BCUT2D eigenvalue weighted by Crippen LogP contribution is -2.14. The minimum atomic E-state index is -0.133. The number of methoxy groups -OCH3 is 1. The molecule has 3 aromatic carbocycles. The van der Waals surface area contributed by atoms with Crippen LogP contribution in [0.1, 0.15) is 18.1 Å². The van der Waals surface area contributed by atoms with Gasteiger partial charge in [0.25, 0.3) is 5.91 Å². The van der Waals surface area contributed by atoms with Crippen molar-refractivity contribution < 1.29 is 9.53 Å². The molecule has 0 saturated carbocycles. The zero-order valence-corrected chi connectivity index (χ0v) is 16.8. The first kappa shape index (κ1) is 19.8. The monoisotopic (exact) mass is 389 g/mol. The summed E-state index contributed by atoms with van der Waals surface area (Å²) in [5.74, 6) is 1.60. The Kier molecular flexibility index (Phi) is 6.93. The SMILES string of the molecule is CCSc1ccccc1NC(=O)/C(=C/c1ccc(OC)cc1)c1ccccc1. The van der Waals surface area contributed by atoms with Gasteiger partial charge in [0, 0.05) is 10.5 Å². The van der Waals surface area contributed by atoms with E-state index in [-0.39, 0.29) is 5.91 Å². The van der Waals surface area contributed by atoms with Crippen molar-refractivity contribution in [2.24, 2.45) is 0 Å². The molecule has 0 aromatic heterocycles. The number of thioether (sulfide) groups is 1. The van der Waals surface area contributed by atoms with E-state index in [0.717, 1.165) is 33.2 Å². The van der Waals surface area contributed by atoms with E-state index in [0.29, 0.717) is 5.57 Å². The first-order chi connectivity index (χ1) is 13.7. The Balaban J connectivity index is 1.95. The van der Waals surface area contributed by atoms with Gasteiger partial charge in [-0.05, 0) is 47.2 Å². The van der Waals surface area contributed by atoms with Crippen molar-refractivity contribution in [1.82, 2.24) is 0 Å². The average Bonchev–Trinajstić information content (AvgIpc) is 2.74. The van der Waals surface area contributed by atoms with Crippen LogP contribution in [0.15, 0.2) is 83.8 Å². The molecule has 0 aliphatic rings. The van der Waals surface area contributed by atoms with E-state index in [1.807, 2.05) is 84.9 Å². The van der Waals surface area contributed by atoms with Gasteiger partial charge in [-0.2, -0.15) is 0 Å². The van der Waals surface area contributed by atoms with Gasteiger partial charge in [-0.15, -0.1) is 11.8 Å². The molecule has 3 nitrogen and oxygen atoms in total. The Labute approximate surface area is 170 Å². The normalized spacial score (nSPS) is 11.1. The third-order valence-electron chi connectivity index (χ3n) is 4.19. The number of anilines is 1. The molecule has 0 heterocycles. The van der Waals surface area contributed by atoms with Crippen LogP contribution in [0.3, 0.4) is 0 Å². The second-order valence-corrected chi connectivity index (χ2v) is 7.39. The van der Waals surface area contributed by atoms with Crippen molar-refractivity contribution in [3.63, 3.8) is 0 Å². The van der Waals surface area contributed by atoms with Crippen LogP contribution in [-0.4, -0.2) is 18.8 Å². The van der Waals surface area contributed by atoms with Gasteiger partial charge in [-0.3, -0.25) is 4.79 Å². The zero-order valence-electron chi connectivity index (χ0n) is 16.0. The second-order valence-electron chi connectivity index (χ2n) is 6.08. The summed E-state index contributed by atoms with van der Waals surface area (Å²) in [4.78, 5) is 14.2. The van der Waals surface area contributed by atoms with Crippen molar-refractivity contribution in [2.75, 3.05) is 18.2 Å². The summed E-state index contributed by atoms with van der Waals surface area (Å²) < 4.78 is 5.22. The number of carbonyl (C=O) groups is 1. The topological polar surface area (TPSA) is 38.3 Å². The fourth-order valence-electron chi connectivity index (χ4n) is 2.81. The largest absolute Gasteiger partial charge is 0.497 e. The van der Waals surface area contributed by atoms with Crippen LogP contribution < -0.4 is 10.1 Å². The van der Waals surface area contributed by atoms with Crippen LogP contribution in [-0.2, 0) is 4.79 Å². The van der Waals surface area contributed by atoms with E-state index in [1.54, 1.807) is 18.9 Å². The molecule has 0 saturated heterocycles. The number of rotatable bonds is 7. The number of amides is 1. The Bertz CT molecular complexity index is 950. The molecule has 3 aromatic rings. The molecule has 0 atom stereocenters. The van der Waals surface area contributed by atoms with E-state index in [9.17, 15) is 4.79 Å². The minimum Gasteiger partial charge on any atom is -0.497 e. The van der Waals surface area contributed by atoms with E-state index in [4.69, 9.17) is 4.74 Å². The fourth-order valence-corrected chi connectivity index (χ4v) is 3.57. The molecule has 28 heavy (non-hydrogen) atoms. The molecule has 0 unspecified atom stereocenters. The highest BCUT2D eigenvalue weighted by Crippen LogP contribution is 2.28. The van der Waals surface area contributed by atoms with Gasteiger partial charge in [-0.25, -0.2) is 0 Å². The van der Waals surface area contributed by atoms with Gasteiger partial charge in [0.1, 0.15) is 5.75 Å². The summed E-state index contributed by atoms with van der Waals surface area (Å²) in [6, 6.07) is 25.2. The number of para-hydroxylation sites is 1. The molecule has 0 radical (unpaired) electrons. The van der Waals surface area contributed by atoms with E-state index < -0.39 is 0 Å². The number of carbonyl (C=O) groups excluding carboxylic acids is 1. The van der Waals surface area contributed by atoms with Gasteiger partial charge in [-0.1, -0.05) is 61.5 Å². The molecular weight excluding hydrogens is 366 g/mol. The molecule has 142 valence electrons. The van der Waals surface area contributed by atoms with Crippen LogP contribution in [0.25, 0.3) is 11.6 Å². The van der Waals surface area contributed by atoms with Crippen molar-refractivity contribution in [3.8, 4) is 5.75 Å². The standard InChI is InChI=1S/C24H23NO2S/c1-3-28-23-12-8-7-11-22(23)25-24(26)21(19-9-5-4-6-10-19)17-18-13-15-20(27-2)16-14-18/h4-17H,3H2,1-2H3,(H,25,26)/b21-17+. The zero-order chi connectivity index (χ0) is 19.8. The summed E-state index contributed by atoms with van der Waals surface area (Å²) in [5.41, 5.74) is 3.25. The van der Waals surface area contributed by atoms with Gasteiger partial charge >= 0.3 is 0 Å². The van der Waals surface area contributed by atoms with Crippen molar-refractivity contribution >= 4 is 35.0 Å². The Morgan fingerprint density at radius 2 is 1.64 bits per heavy atom. The van der Waals surface area contributed by atoms with Crippen LogP contribution in [0.4, 0.5) is 5.69 Å². The second kappa shape index (κ2) is 9.81. The number of nitrogens with one attached hydrogen (secondary N) is 1. The third-order valence-corrected chi connectivity index (χ3v) is 5.15. The maximum atomic E-state index is 13.2. The highest BCUT2D eigenvalue weighted by Gasteiger charge is 2.14. The number of benzene rings is 3. The van der Waals surface area contributed by atoms with E-state index >= 15 is 0 Å². The molecule has 4 heteroatoms. The fraction of sp³-hybridized carbons (Fsp3) is 0.125. The smallest absolute Gasteiger partial charge is 0.256 e. The van der Waals surface area contributed by atoms with E-state index in [1.165, 1.54) is 0 Å². The third kappa shape index (κ3) is 5.05. The van der Waals surface area contributed by atoms with Crippen LogP contribution in [0, 0.1) is 0 Å². The Morgan fingerprint density at radius 1 is 0.964 bits per heavy atom. The lowest BCUT2D eigenvalue weighted by molar-refractivity contribution is -0.111. The lowest BCUT2D eigenvalue weighted by Gasteiger charge is -2.13. The van der Waals surface area contributed by atoms with Gasteiger partial charge in [0.15, 0.2) is 0 Å². The molecule has 0 aliphatic carbocycles. The maximum absolute atomic E-state index is 13.2. The first-order valence-corrected chi connectivity index (χ1v) is 10.1. The molecule has 1 N–H and O–H groups in total. The molecule has 0 aliphatic heterocycles. The average molecular weight is 390 g/mol. The molecule has 0 spiro atoms. The van der Waals surface area contributed by atoms with Crippen LogP contribution in [0.5, 0.6) is 5.75 Å². The summed E-state index contributed by atoms with van der Waals surface area (Å²) >= 11 is 1.71. The van der Waals surface area contributed by atoms with Gasteiger partial charge < -0.3 is 10.1 Å². The quantitative estimate of drug-likeness (QED) is 0.307. The van der Waals surface area contributed by atoms with E-state index in [2.05, 4.69) is 12.2 Å². The molecule has 0 fully saturated rings. The molecule has 0 bridgehead atoms. The van der Waals surface area contributed by atoms with Crippen LogP contribution in [0.2, 0.25) is 0 Å². The molecule has 3 rings (SSSR count). The molecular formula is C24H23NO2S. The lowest BCUT2D eigenvalue weighted by atomic mass is 10.0.